The van der Waals surface area contributed by atoms with Crippen molar-refractivity contribution in [2.75, 3.05) is 0 Å². The molecule has 0 amide bonds. The van der Waals surface area contributed by atoms with Crippen LogP contribution in [0.2, 0.25) is 0 Å². The van der Waals surface area contributed by atoms with Crippen molar-refractivity contribution in [2.45, 2.75) is 53.4 Å². The molecule has 0 spiro atoms. The molecular weight excluding hydrogens is 675 g/mol. The number of imidazole rings is 1. The van der Waals surface area contributed by atoms with E-state index in [2.05, 4.69) is 51.4 Å². The summed E-state index contributed by atoms with van der Waals surface area (Å²) in [5.74, 6) is 4.09. The van der Waals surface area contributed by atoms with Gasteiger partial charge in [-0.1, -0.05) is 11.3 Å². The molecular formula is C36H32N15S+. The maximum Gasteiger partial charge on any atom is 0.329 e. The molecule has 0 saturated carbocycles. The van der Waals surface area contributed by atoms with Crippen LogP contribution in [0.15, 0.2) is 55.0 Å². The summed E-state index contributed by atoms with van der Waals surface area (Å²) in [6.07, 6.45) is 8.32. The fourth-order valence-electron chi connectivity index (χ4n) is 6.90. The van der Waals surface area contributed by atoms with Crippen LogP contribution in [0.1, 0.15) is 46.1 Å². The van der Waals surface area contributed by atoms with Gasteiger partial charge in [0.05, 0.1) is 33.5 Å². The zero-order chi connectivity index (χ0) is 35.2. The molecule has 0 saturated heterocycles. The van der Waals surface area contributed by atoms with Gasteiger partial charge in [0, 0.05) is 58.1 Å². The summed E-state index contributed by atoms with van der Waals surface area (Å²) in [6.45, 7) is 8.04. The van der Waals surface area contributed by atoms with E-state index < -0.39 is 0 Å². The van der Waals surface area contributed by atoms with E-state index in [9.17, 15) is 0 Å². The highest BCUT2D eigenvalue weighted by molar-refractivity contribution is 7.25. The summed E-state index contributed by atoms with van der Waals surface area (Å²) in [4.78, 5) is 35.5. The van der Waals surface area contributed by atoms with Crippen molar-refractivity contribution < 1.29 is 4.57 Å². The molecule has 0 radical (unpaired) electrons. The van der Waals surface area contributed by atoms with Gasteiger partial charge in [-0.2, -0.15) is 19.9 Å². The molecule has 0 aliphatic carbocycles. The maximum atomic E-state index is 5.11. The van der Waals surface area contributed by atoms with Crippen molar-refractivity contribution in [2.24, 2.45) is 7.05 Å². The lowest BCUT2D eigenvalue weighted by atomic mass is 10.3. The first kappa shape index (κ1) is 30.5. The van der Waals surface area contributed by atoms with Gasteiger partial charge in [-0.15, -0.1) is 0 Å². The number of hydrogen-bond donors (Lipinski definition) is 0. The summed E-state index contributed by atoms with van der Waals surface area (Å²) in [5, 5.41) is 15.4. The largest absolute Gasteiger partial charge is 0.329 e. The van der Waals surface area contributed by atoms with Gasteiger partial charge >= 0.3 is 5.82 Å². The van der Waals surface area contributed by atoms with Gasteiger partial charge in [0.25, 0.3) is 0 Å². The van der Waals surface area contributed by atoms with E-state index in [4.69, 9.17) is 40.2 Å². The molecule has 10 aromatic rings. The zero-order valence-corrected chi connectivity index (χ0v) is 30.0. The smallest absolute Gasteiger partial charge is 0.323 e. The van der Waals surface area contributed by atoms with Crippen molar-refractivity contribution in [1.29, 1.82) is 0 Å². The fraction of sp³-hybridized carbons (Fsp3) is 0.250. The van der Waals surface area contributed by atoms with Crippen molar-refractivity contribution in [3.05, 3.63) is 101 Å². The number of aromatic nitrogens is 15. The van der Waals surface area contributed by atoms with Crippen molar-refractivity contribution >= 4 is 59.9 Å². The van der Waals surface area contributed by atoms with Gasteiger partial charge in [0.1, 0.15) is 22.4 Å². The molecule has 0 N–H and O–H groups in total. The third-order valence-corrected chi connectivity index (χ3v) is 10.8. The van der Waals surface area contributed by atoms with Gasteiger partial charge in [0.2, 0.25) is 4.83 Å². The van der Waals surface area contributed by atoms with E-state index in [1.165, 1.54) is 0 Å². The van der Waals surface area contributed by atoms with Crippen LogP contribution in [-0.2, 0) is 32.7 Å². The number of nitrogens with zero attached hydrogens (tertiary/aromatic N) is 15. The predicted molar refractivity (Wildman–Crippen MR) is 195 cm³/mol. The maximum absolute atomic E-state index is 5.11. The lowest BCUT2D eigenvalue weighted by Crippen LogP contribution is -2.36. The van der Waals surface area contributed by atoms with Crippen molar-refractivity contribution in [1.82, 2.24) is 68.3 Å². The van der Waals surface area contributed by atoms with Crippen molar-refractivity contribution in [3.63, 3.8) is 0 Å². The standard InChI is InChI=1S/C36H32N15S/c1-19-17-38-21(3)33-40-28(44-49(19)33)12-15-29-42-32-23-8-13-30(43-35(23)52-36(32)47(29)5)48-18-20(2)50-34(22(48)4)41-27(45-50)11-10-26-39-31-14-9-24-25(51(31)46-26)7-6-16-37-24/h6-9,13-14,16-18H,10-12,15H2,1-5H3/q+1. The number of fused-ring (bicyclic) bond motifs is 8. The Hall–Kier alpha value is -6.29. The summed E-state index contributed by atoms with van der Waals surface area (Å²) in [5.41, 5.74) is 8.91. The molecule has 0 aliphatic rings. The van der Waals surface area contributed by atoms with E-state index in [1.54, 1.807) is 17.5 Å². The monoisotopic (exact) mass is 706 g/mol. The van der Waals surface area contributed by atoms with Gasteiger partial charge in [-0.3, -0.25) is 9.97 Å². The van der Waals surface area contributed by atoms with Gasteiger partial charge in [0.15, 0.2) is 40.1 Å². The zero-order valence-electron chi connectivity index (χ0n) is 29.1. The number of rotatable bonds is 7. The topological polar surface area (TPSA) is 151 Å². The van der Waals surface area contributed by atoms with Crippen LogP contribution in [0.25, 0.3) is 54.4 Å². The molecule has 0 aromatic carbocycles. The molecule has 10 rings (SSSR count). The van der Waals surface area contributed by atoms with Crippen molar-refractivity contribution in [3.8, 4) is 5.82 Å². The number of pyridine rings is 3. The van der Waals surface area contributed by atoms with Crippen LogP contribution in [0.4, 0.5) is 0 Å². The predicted octanol–water partition coefficient (Wildman–Crippen LogP) is 4.34. The quantitative estimate of drug-likeness (QED) is 0.219. The Morgan fingerprint density at radius 2 is 1.46 bits per heavy atom. The van der Waals surface area contributed by atoms with Crippen LogP contribution in [-0.4, -0.2) is 68.3 Å². The van der Waals surface area contributed by atoms with Gasteiger partial charge < -0.3 is 4.57 Å². The molecule has 0 atom stereocenters. The second-order valence-corrected chi connectivity index (χ2v) is 14.1. The summed E-state index contributed by atoms with van der Waals surface area (Å²) in [6, 6.07) is 12.0. The summed E-state index contributed by atoms with van der Waals surface area (Å²) < 4.78 is 9.89. The normalized spacial score (nSPS) is 12.2. The highest BCUT2D eigenvalue weighted by Gasteiger charge is 2.23. The first-order chi connectivity index (χ1) is 25.3. The van der Waals surface area contributed by atoms with Crippen LogP contribution in [0.3, 0.4) is 0 Å². The number of thiophene rings is 1. The highest BCUT2D eigenvalue weighted by Crippen LogP contribution is 2.33. The third-order valence-electron chi connectivity index (χ3n) is 9.67. The molecule has 10 heterocycles. The Kier molecular flexibility index (Phi) is 6.67. The molecule has 16 heteroatoms. The molecule has 15 nitrogen and oxygen atoms in total. The molecule has 52 heavy (non-hydrogen) atoms. The minimum absolute atomic E-state index is 0.612. The average molecular weight is 707 g/mol. The van der Waals surface area contributed by atoms with Gasteiger partial charge in [-0.25, -0.2) is 33.5 Å². The number of aryl methyl sites for hydroxylation is 9. The Morgan fingerprint density at radius 3 is 2.29 bits per heavy atom. The molecule has 256 valence electrons. The SMILES string of the molecule is Cc1ncc(C)n2nc(CCc3nc4c5ccc(-[n+]6cc(C)n7nc(CCc8nc9ccc%10ncccc%10n9n8)nc7c6C)nc5sc4n3C)nc12. The Bertz CT molecular complexity index is 3010. The van der Waals surface area contributed by atoms with Crippen LogP contribution in [0.5, 0.6) is 0 Å². The average Bonchev–Trinajstić information content (AvgIpc) is 3.98. The first-order valence-electron chi connectivity index (χ1n) is 17.1. The summed E-state index contributed by atoms with van der Waals surface area (Å²) >= 11 is 1.65. The Balaban J connectivity index is 0.913. The van der Waals surface area contributed by atoms with E-state index >= 15 is 0 Å². The first-order valence-corrected chi connectivity index (χ1v) is 17.9. The molecule has 0 fully saturated rings. The second kappa shape index (κ2) is 11.4. The van der Waals surface area contributed by atoms with E-state index in [-0.39, 0.29) is 0 Å². The van der Waals surface area contributed by atoms with E-state index in [0.717, 1.165) is 107 Å². The number of hydrogen-bond acceptors (Lipinski definition) is 11. The fourth-order valence-corrected chi connectivity index (χ4v) is 7.99. The van der Waals surface area contributed by atoms with Crippen LogP contribution < -0.4 is 4.57 Å². The second-order valence-electron chi connectivity index (χ2n) is 13.1. The minimum Gasteiger partial charge on any atom is -0.323 e. The Morgan fingerprint density at radius 1 is 0.712 bits per heavy atom. The summed E-state index contributed by atoms with van der Waals surface area (Å²) in [7, 11) is 2.07. The lowest BCUT2D eigenvalue weighted by molar-refractivity contribution is -0.606. The molecule has 0 unspecified atom stereocenters. The minimum atomic E-state index is 0.612. The molecule has 10 aromatic heterocycles. The molecule has 0 aliphatic heterocycles. The third kappa shape index (κ3) is 4.74. The van der Waals surface area contributed by atoms with E-state index in [1.807, 2.05) is 64.8 Å². The molecule has 0 bridgehead atoms. The van der Waals surface area contributed by atoms with E-state index in [0.29, 0.717) is 19.3 Å². The highest BCUT2D eigenvalue weighted by atomic mass is 32.1. The van der Waals surface area contributed by atoms with Crippen LogP contribution >= 0.6 is 11.3 Å². The van der Waals surface area contributed by atoms with Crippen LogP contribution in [0, 0.1) is 27.7 Å². The lowest BCUT2D eigenvalue weighted by Gasteiger charge is -2.05. The van der Waals surface area contributed by atoms with Gasteiger partial charge in [-0.05, 0) is 56.1 Å². The Labute approximate surface area is 299 Å².